The van der Waals surface area contributed by atoms with Crippen LogP contribution < -0.4 is 10.6 Å². The van der Waals surface area contributed by atoms with E-state index < -0.39 is 0 Å². The zero-order valence-electron chi connectivity index (χ0n) is 13.4. The van der Waals surface area contributed by atoms with Crippen LogP contribution in [0.5, 0.6) is 0 Å². The van der Waals surface area contributed by atoms with E-state index in [4.69, 9.17) is 0 Å². The number of hydrogen-bond acceptors (Lipinski definition) is 2. The molecule has 0 bridgehead atoms. The summed E-state index contributed by atoms with van der Waals surface area (Å²) in [5.41, 5.74) is 2.51. The maximum atomic E-state index is 4.23. The van der Waals surface area contributed by atoms with Crippen LogP contribution in [0.3, 0.4) is 0 Å². The van der Waals surface area contributed by atoms with Crippen molar-refractivity contribution in [2.24, 2.45) is 4.99 Å². The second kappa shape index (κ2) is 8.87. The maximum absolute atomic E-state index is 4.23. The van der Waals surface area contributed by atoms with Crippen LogP contribution in [0.1, 0.15) is 30.9 Å². The second-order valence-corrected chi connectivity index (χ2v) is 5.26. The lowest BCUT2D eigenvalue weighted by atomic mass is 10.1. The minimum Gasteiger partial charge on any atom is -0.356 e. The van der Waals surface area contributed by atoms with Gasteiger partial charge in [0.25, 0.3) is 0 Å². The first kappa shape index (κ1) is 16.1. The Balaban J connectivity index is 1.80. The lowest BCUT2D eigenvalue weighted by molar-refractivity contribution is 0.728. The molecule has 0 fully saturated rings. The molecule has 0 aliphatic carbocycles. The SMILES string of the molecule is CCCCNC(=NC)NCc1ccc(Cn2ccnc2)cc1. The molecule has 0 aliphatic rings. The number of benzene rings is 1. The van der Waals surface area contributed by atoms with Gasteiger partial charge in [-0.1, -0.05) is 37.6 Å². The highest BCUT2D eigenvalue weighted by atomic mass is 15.2. The summed E-state index contributed by atoms with van der Waals surface area (Å²) in [6.45, 7) is 4.77. The third-order valence-corrected chi connectivity index (χ3v) is 3.45. The fraction of sp³-hybridized carbons (Fsp3) is 0.412. The Morgan fingerprint density at radius 3 is 2.59 bits per heavy atom. The maximum Gasteiger partial charge on any atom is 0.191 e. The number of nitrogens with one attached hydrogen (secondary N) is 2. The molecule has 0 amide bonds. The molecule has 5 heteroatoms. The van der Waals surface area contributed by atoms with Gasteiger partial charge >= 0.3 is 0 Å². The number of hydrogen-bond donors (Lipinski definition) is 2. The van der Waals surface area contributed by atoms with Crippen LogP contribution in [0.15, 0.2) is 48.0 Å². The van der Waals surface area contributed by atoms with Gasteiger partial charge in [0.1, 0.15) is 0 Å². The van der Waals surface area contributed by atoms with Crippen LogP contribution in [-0.2, 0) is 13.1 Å². The number of guanidine groups is 1. The van der Waals surface area contributed by atoms with E-state index in [2.05, 4.69) is 56.4 Å². The monoisotopic (exact) mass is 299 g/mol. The van der Waals surface area contributed by atoms with Gasteiger partial charge in [-0.3, -0.25) is 4.99 Å². The quantitative estimate of drug-likeness (QED) is 0.469. The van der Waals surface area contributed by atoms with E-state index in [1.54, 1.807) is 13.2 Å². The molecule has 1 aromatic heterocycles. The highest BCUT2D eigenvalue weighted by Crippen LogP contribution is 2.06. The molecule has 22 heavy (non-hydrogen) atoms. The van der Waals surface area contributed by atoms with Crippen molar-refractivity contribution < 1.29 is 0 Å². The van der Waals surface area contributed by atoms with E-state index >= 15 is 0 Å². The smallest absolute Gasteiger partial charge is 0.191 e. The predicted octanol–water partition coefficient (Wildman–Crippen LogP) is 2.40. The molecule has 0 atom stereocenters. The second-order valence-electron chi connectivity index (χ2n) is 5.26. The van der Waals surface area contributed by atoms with Gasteiger partial charge in [0.05, 0.1) is 6.33 Å². The Morgan fingerprint density at radius 1 is 1.18 bits per heavy atom. The van der Waals surface area contributed by atoms with Gasteiger partial charge < -0.3 is 15.2 Å². The Labute approximate surface area is 132 Å². The van der Waals surface area contributed by atoms with E-state index in [0.29, 0.717) is 0 Å². The molecule has 118 valence electrons. The van der Waals surface area contributed by atoms with Crippen molar-refractivity contribution in [2.45, 2.75) is 32.9 Å². The highest BCUT2D eigenvalue weighted by Gasteiger charge is 1.99. The summed E-state index contributed by atoms with van der Waals surface area (Å²) in [6, 6.07) is 8.62. The van der Waals surface area contributed by atoms with E-state index in [0.717, 1.165) is 32.0 Å². The Bertz CT molecular complexity index is 557. The molecule has 0 aliphatic heterocycles. The number of imidazole rings is 1. The first-order chi connectivity index (χ1) is 10.8. The third-order valence-electron chi connectivity index (χ3n) is 3.45. The fourth-order valence-corrected chi connectivity index (χ4v) is 2.14. The van der Waals surface area contributed by atoms with Gasteiger partial charge in [-0.2, -0.15) is 0 Å². The number of nitrogens with zero attached hydrogens (tertiary/aromatic N) is 3. The zero-order valence-corrected chi connectivity index (χ0v) is 13.4. The van der Waals surface area contributed by atoms with Crippen molar-refractivity contribution in [3.8, 4) is 0 Å². The summed E-state index contributed by atoms with van der Waals surface area (Å²) in [5.74, 6) is 0.857. The highest BCUT2D eigenvalue weighted by molar-refractivity contribution is 5.79. The van der Waals surface area contributed by atoms with Gasteiger partial charge in [0.2, 0.25) is 0 Å². The molecule has 5 nitrogen and oxygen atoms in total. The van der Waals surface area contributed by atoms with Crippen LogP contribution in [0.4, 0.5) is 0 Å². The number of aromatic nitrogens is 2. The van der Waals surface area contributed by atoms with Crippen LogP contribution in [0, 0.1) is 0 Å². The largest absolute Gasteiger partial charge is 0.356 e. The summed E-state index contributed by atoms with van der Waals surface area (Å²) in [6.07, 6.45) is 7.95. The summed E-state index contributed by atoms with van der Waals surface area (Å²) in [7, 11) is 1.80. The zero-order chi connectivity index (χ0) is 15.6. The van der Waals surface area contributed by atoms with Crippen molar-refractivity contribution in [2.75, 3.05) is 13.6 Å². The van der Waals surface area contributed by atoms with Crippen LogP contribution in [0.2, 0.25) is 0 Å². The summed E-state index contributed by atoms with van der Waals surface area (Å²) >= 11 is 0. The van der Waals surface area contributed by atoms with Crippen molar-refractivity contribution in [3.63, 3.8) is 0 Å². The van der Waals surface area contributed by atoms with Gasteiger partial charge in [-0.15, -0.1) is 0 Å². The fourth-order valence-electron chi connectivity index (χ4n) is 2.14. The van der Waals surface area contributed by atoms with Gasteiger partial charge in [0, 0.05) is 39.1 Å². The molecular weight excluding hydrogens is 274 g/mol. The number of aliphatic imine (C=N–C) groups is 1. The first-order valence-electron chi connectivity index (χ1n) is 7.80. The molecule has 0 radical (unpaired) electrons. The van der Waals surface area contributed by atoms with Gasteiger partial charge in [-0.05, 0) is 17.5 Å². The van der Waals surface area contributed by atoms with E-state index in [1.165, 1.54) is 17.5 Å². The molecule has 1 heterocycles. The molecular formula is C17H25N5. The molecule has 0 spiro atoms. The van der Waals surface area contributed by atoms with Crippen molar-refractivity contribution >= 4 is 5.96 Å². The molecule has 2 N–H and O–H groups in total. The lowest BCUT2D eigenvalue weighted by Gasteiger charge is -2.12. The Hall–Kier alpha value is -2.30. The van der Waals surface area contributed by atoms with Crippen molar-refractivity contribution in [3.05, 3.63) is 54.1 Å². The van der Waals surface area contributed by atoms with E-state index in [1.807, 2.05) is 12.5 Å². The molecule has 0 saturated heterocycles. The van der Waals surface area contributed by atoms with Gasteiger partial charge in [0.15, 0.2) is 5.96 Å². The number of rotatable bonds is 7. The van der Waals surface area contributed by atoms with Crippen molar-refractivity contribution in [1.29, 1.82) is 0 Å². The summed E-state index contributed by atoms with van der Waals surface area (Å²) in [5, 5.41) is 6.64. The lowest BCUT2D eigenvalue weighted by Crippen LogP contribution is -2.37. The van der Waals surface area contributed by atoms with E-state index in [9.17, 15) is 0 Å². The minimum absolute atomic E-state index is 0.775. The van der Waals surface area contributed by atoms with Gasteiger partial charge in [-0.25, -0.2) is 4.98 Å². The Morgan fingerprint density at radius 2 is 1.95 bits per heavy atom. The molecule has 0 unspecified atom stereocenters. The summed E-state index contributed by atoms with van der Waals surface area (Å²) in [4.78, 5) is 8.28. The molecule has 0 saturated carbocycles. The molecule has 2 rings (SSSR count). The van der Waals surface area contributed by atoms with Crippen LogP contribution in [-0.4, -0.2) is 29.1 Å². The minimum atomic E-state index is 0.775. The topological polar surface area (TPSA) is 54.2 Å². The molecule has 2 aromatic rings. The van der Waals surface area contributed by atoms with Crippen molar-refractivity contribution in [1.82, 2.24) is 20.2 Å². The van der Waals surface area contributed by atoms with Crippen LogP contribution >= 0.6 is 0 Å². The summed E-state index contributed by atoms with van der Waals surface area (Å²) < 4.78 is 2.06. The van der Waals surface area contributed by atoms with E-state index in [-0.39, 0.29) is 0 Å². The van der Waals surface area contributed by atoms with Crippen LogP contribution in [0.25, 0.3) is 0 Å². The Kier molecular flexibility index (Phi) is 6.48. The normalized spacial score (nSPS) is 11.5. The number of unbranched alkanes of at least 4 members (excludes halogenated alkanes) is 1. The third kappa shape index (κ3) is 5.24. The average Bonchev–Trinajstić information content (AvgIpc) is 3.05. The standard InChI is InChI=1S/C17H25N5/c1-3-4-9-20-17(18-2)21-12-15-5-7-16(8-6-15)13-22-11-10-19-14-22/h5-8,10-11,14H,3-4,9,12-13H2,1-2H3,(H2,18,20,21). The predicted molar refractivity (Wildman–Crippen MR) is 90.9 cm³/mol. The average molecular weight is 299 g/mol. The molecule has 1 aromatic carbocycles. The first-order valence-corrected chi connectivity index (χ1v) is 7.80.